The summed E-state index contributed by atoms with van der Waals surface area (Å²) in [5, 5.41) is 5.97. The van der Waals surface area contributed by atoms with Gasteiger partial charge in [-0.1, -0.05) is 30.3 Å². The summed E-state index contributed by atoms with van der Waals surface area (Å²) >= 11 is 0. The summed E-state index contributed by atoms with van der Waals surface area (Å²) in [6, 6.07) is 9.79. The van der Waals surface area contributed by atoms with Gasteiger partial charge in [0.1, 0.15) is 10.7 Å². The van der Waals surface area contributed by atoms with Gasteiger partial charge in [0.25, 0.3) is 0 Å². The van der Waals surface area contributed by atoms with E-state index in [2.05, 4.69) is 14.9 Å². The van der Waals surface area contributed by atoms with Crippen molar-refractivity contribution in [3.63, 3.8) is 0 Å². The van der Waals surface area contributed by atoms with Crippen LogP contribution in [0.1, 0.15) is 12.0 Å². The standard InChI is InChI=1S/C13H18N4O3S/c14-13-12(9-15-17-13)21(18,19)16-7-4-8-20-10-11-5-2-1-3-6-11/h1-3,5-6,9,16H,4,7-8,10H2,(H3,14,15,17). The highest BCUT2D eigenvalue weighted by molar-refractivity contribution is 7.89. The number of nitrogens with two attached hydrogens (primary N) is 1. The van der Waals surface area contributed by atoms with Gasteiger partial charge in [-0.05, 0) is 12.0 Å². The zero-order chi connectivity index (χ0) is 15.1. The molecule has 0 unspecified atom stereocenters. The summed E-state index contributed by atoms with van der Waals surface area (Å²) in [6.45, 7) is 1.27. The average Bonchev–Trinajstić information content (AvgIpc) is 2.91. The Balaban J connectivity index is 1.67. The molecular formula is C13H18N4O3S. The molecule has 4 N–H and O–H groups in total. The summed E-state index contributed by atoms with van der Waals surface area (Å²) < 4.78 is 31.7. The Morgan fingerprint density at radius 3 is 2.71 bits per heavy atom. The average molecular weight is 310 g/mol. The number of ether oxygens (including phenoxy) is 1. The van der Waals surface area contributed by atoms with Crippen molar-refractivity contribution in [2.24, 2.45) is 0 Å². The SMILES string of the molecule is Nc1[nH]ncc1S(=O)(=O)NCCCOCc1ccccc1. The van der Waals surface area contributed by atoms with E-state index in [1.54, 1.807) is 0 Å². The van der Waals surface area contributed by atoms with Crippen LogP contribution in [0.5, 0.6) is 0 Å². The normalized spacial score (nSPS) is 11.6. The second-order valence-corrected chi connectivity index (χ2v) is 6.17. The Morgan fingerprint density at radius 1 is 1.29 bits per heavy atom. The van der Waals surface area contributed by atoms with Crippen LogP contribution in [0, 0.1) is 0 Å². The third-order valence-corrected chi connectivity index (χ3v) is 4.28. The Labute approximate surface area is 123 Å². The van der Waals surface area contributed by atoms with Gasteiger partial charge in [-0.3, -0.25) is 5.10 Å². The Kier molecular flexibility index (Phi) is 5.32. The van der Waals surface area contributed by atoms with Gasteiger partial charge < -0.3 is 10.5 Å². The minimum atomic E-state index is -3.61. The van der Waals surface area contributed by atoms with Crippen molar-refractivity contribution in [1.29, 1.82) is 0 Å². The number of nitrogen functional groups attached to an aromatic ring is 1. The lowest BCUT2D eigenvalue weighted by molar-refractivity contribution is 0.119. The first-order valence-electron chi connectivity index (χ1n) is 6.50. The van der Waals surface area contributed by atoms with Gasteiger partial charge in [-0.15, -0.1) is 0 Å². The van der Waals surface area contributed by atoms with Crippen LogP contribution < -0.4 is 10.5 Å². The third kappa shape index (κ3) is 4.55. The molecule has 0 aliphatic heterocycles. The van der Waals surface area contributed by atoms with Crippen LogP contribution in [0.4, 0.5) is 5.82 Å². The molecule has 2 rings (SSSR count). The van der Waals surface area contributed by atoms with Crippen LogP contribution in [0.25, 0.3) is 0 Å². The summed E-state index contributed by atoms with van der Waals surface area (Å²) in [4.78, 5) is -0.0345. The Morgan fingerprint density at radius 2 is 2.05 bits per heavy atom. The number of nitrogens with one attached hydrogen (secondary N) is 2. The predicted octanol–water partition coefficient (Wildman–Crippen LogP) is 0.877. The van der Waals surface area contributed by atoms with Crippen molar-refractivity contribution >= 4 is 15.8 Å². The Bertz CT molecular complexity index is 655. The van der Waals surface area contributed by atoms with E-state index in [4.69, 9.17) is 10.5 Å². The molecule has 21 heavy (non-hydrogen) atoms. The molecule has 2 aromatic rings. The van der Waals surface area contributed by atoms with Crippen LogP contribution in [0.15, 0.2) is 41.4 Å². The van der Waals surface area contributed by atoms with E-state index in [-0.39, 0.29) is 17.3 Å². The predicted molar refractivity (Wildman–Crippen MR) is 78.9 cm³/mol. The minimum Gasteiger partial charge on any atom is -0.383 e. The fourth-order valence-corrected chi connectivity index (χ4v) is 2.82. The molecule has 0 amide bonds. The van der Waals surface area contributed by atoms with Crippen molar-refractivity contribution < 1.29 is 13.2 Å². The topological polar surface area (TPSA) is 110 Å². The lowest BCUT2D eigenvalue weighted by Crippen LogP contribution is -2.26. The maximum atomic E-state index is 11.9. The first-order chi connectivity index (χ1) is 10.1. The highest BCUT2D eigenvalue weighted by Gasteiger charge is 2.18. The Hall–Kier alpha value is -1.90. The number of nitrogens with zero attached hydrogens (tertiary/aromatic N) is 1. The molecule has 1 heterocycles. The van der Waals surface area contributed by atoms with E-state index >= 15 is 0 Å². The summed E-state index contributed by atoms with van der Waals surface area (Å²) in [7, 11) is -3.61. The quantitative estimate of drug-likeness (QED) is 0.627. The number of aromatic nitrogens is 2. The van der Waals surface area contributed by atoms with E-state index in [0.29, 0.717) is 19.6 Å². The maximum absolute atomic E-state index is 11.9. The number of hydrogen-bond donors (Lipinski definition) is 3. The molecule has 0 bridgehead atoms. The van der Waals surface area contributed by atoms with Gasteiger partial charge in [-0.2, -0.15) is 5.10 Å². The zero-order valence-corrected chi connectivity index (χ0v) is 12.3. The van der Waals surface area contributed by atoms with Crippen molar-refractivity contribution in [2.75, 3.05) is 18.9 Å². The lowest BCUT2D eigenvalue weighted by Gasteiger charge is -2.06. The van der Waals surface area contributed by atoms with E-state index in [0.717, 1.165) is 5.56 Å². The third-order valence-electron chi connectivity index (χ3n) is 2.79. The molecule has 1 aromatic carbocycles. The van der Waals surface area contributed by atoms with Crippen molar-refractivity contribution in [3.05, 3.63) is 42.1 Å². The fraction of sp³-hybridized carbons (Fsp3) is 0.308. The lowest BCUT2D eigenvalue weighted by atomic mass is 10.2. The van der Waals surface area contributed by atoms with Crippen LogP contribution in [-0.4, -0.2) is 31.8 Å². The van der Waals surface area contributed by atoms with Crippen LogP contribution in [0.3, 0.4) is 0 Å². The largest absolute Gasteiger partial charge is 0.383 e. The monoisotopic (exact) mass is 310 g/mol. The number of hydrogen-bond acceptors (Lipinski definition) is 5. The number of sulfonamides is 1. The molecule has 114 valence electrons. The fourth-order valence-electron chi connectivity index (χ4n) is 1.72. The number of benzene rings is 1. The molecule has 8 heteroatoms. The number of H-pyrrole nitrogens is 1. The van der Waals surface area contributed by atoms with Gasteiger partial charge >= 0.3 is 0 Å². The second kappa shape index (κ2) is 7.21. The number of aromatic amines is 1. The van der Waals surface area contributed by atoms with E-state index in [1.807, 2.05) is 30.3 Å². The molecule has 0 aliphatic rings. The first kappa shape index (κ1) is 15.5. The molecule has 0 aliphatic carbocycles. The minimum absolute atomic E-state index is 0.0304. The highest BCUT2D eigenvalue weighted by Crippen LogP contribution is 2.13. The first-order valence-corrected chi connectivity index (χ1v) is 7.98. The molecule has 1 aromatic heterocycles. The van der Waals surface area contributed by atoms with Gasteiger partial charge in [-0.25, -0.2) is 13.1 Å². The van der Waals surface area contributed by atoms with Gasteiger partial charge in [0.2, 0.25) is 10.0 Å². The molecular weight excluding hydrogens is 292 g/mol. The molecule has 0 spiro atoms. The highest BCUT2D eigenvalue weighted by atomic mass is 32.2. The molecule has 0 saturated heterocycles. The molecule has 0 saturated carbocycles. The second-order valence-electron chi connectivity index (χ2n) is 4.44. The van der Waals surface area contributed by atoms with Crippen molar-refractivity contribution in [2.45, 2.75) is 17.9 Å². The molecule has 0 atom stereocenters. The van der Waals surface area contributed by atoms with Crippen LogP contribution >= 0.6 is 0 Å². The summed E-state index contributed by atoms with van der Waals surface area (Å²) in [5.74, 6) is 0.0304. The molecule has 0 radical (unpaired) electrons. The van der Waals surface area contributed by atoms with Crippen molar-refractivity contribution in [1.82, 2.24) is 14.9 Å². The maximum Gasteiger partial charge on any atom is 0.245 e. The van der Waals surface area contributed by atoms with E-state index in [9.17, 15) is 8.42 Å². The van der Waals surface area contributed by atoms with Crippen molar-refractivity contribution in [3.8, 4) is 0 Å². The summed E-state index contributed by atoms with van der Waals surface area (Å²) in [5.41, 5.74) is 6.57. The number of rotatable bonds is 8. The van der Waals surface area contributed by atoms with Gasteiger partial charge in [0.05, 0.1) is 12.8 Å². The summed E-state index contributed by atoms with van der Waals surface area (Å²) in [6.07, 6.45) is 1.76. The van der Waals surface area contributed by atoms with Crippen LogP contribution in [-0.2, 0) is 21.4 Å². The van der Waals surface area contributed by atoms with Gasteiger partial charge in [0.15, 0.2) is 0 Å². The van der Waals surface area contributed by atoms with Gasteiger partial charge in [0, 0.05) is 13.2 Å². The smallest absolute Gasteiger partial charge is 0.245 e. The van der Waals surface area contributed by atoms with E-state index in [1.165, 1.54) is 6.20 Å². The van der Waals surface area contributed by atoms with Crippen LogP contribution in [0.2, 0.25) is 0 Å². The zero-order valence-electron chi connectivity index (χ0n) is 11.5. The van der Waals surface area contributed by atoms with E-state index < -0.39 is 10.0 Å². The number of anilines is 1. The molecule has 0 fully saturated rings. The molecule has 7 nitrogen and oxygen atoms in total.